The lowest BCUT2D eigenvalue weighted by Gasteiger charge is -2.35. The third-order valence-electron chi connectivity index (χ3n) is 4.47. The molecule has 1 saturated heterocycles. The zero-order valence-electron chi connectivity index (χ0n) is 16.1. The molecule has 0 N–H and O–H groups in total. The quantitative estimate of drug-likeness (QED) is 0.722. The molecule has 1 aromatic carbocycles. The van der Waals surface area contributed by atoms with Crippen LogP contribution < -0.4 is 4.31 Å². The van der Waals surface area contributed by atoms with Crippen molar-refractivity contribution < 1.29 is 22.7 Å². The minimum Gasteiger partial charge on any atom is -0.450 e. The van der Waals surface area contributed by atoms with Gasteiger partial charge in [-0.25, -0.2) is 13.2 Å². The molecule has 150 valence electrons. The Hall–Kier alpha value is -2.29. The predicted molar refractivity (Wildman–Crippen MR) is 103 cm³/mol. The number of benzene rings is 1. The predicted octanol–water partition coefficient (Wildman–Crippen LogP) is 1.32. The third kappa shape index (κ3) is 5.59. The number of piperazine rings is 1. The van der Waals surface area contributed by atoms with E-state index in [1.165, 1.54) is 0 Å². The lowest BCUT2D eigenvalue weighted by atomic mass is 10.1. The SMILES string of the molecule is CCOC(=O)N1CCN(C(=O)CN(c2ccc(CC)cc2)S(C)(=O)=O)CC1. The first kappa shape index (κ1) is 21.0. The van der Waals surface area contributed by atoms with E-state index in [9.17, 15) is 18.0 Å². The van der Waals surface area contributed by atoms with Gasteiger partial charge < -0.3 is 14.5 Å². The van der Waals surface area contributed by atoms with Crippen LogP contribution in [0.15, 0.2) is 24.3 Å². The smallest absolute Gasteiger partial charge is 0.409 e. The summed E-state index contributed by atoms with van der Waals surface area (Å²) in [6.45, 7) is 5.24. The van der Waals surface area contributed by atoms with Crippen LogP contribution in [0.25, 0.3) is 0 Å². The monoisotopic (exact) mass is 397 g/mol. The first-order chi connectivity index (χ1) is 12.8. The van der Waals surface area contributed by atoms with Crippen LogP contribution in [-0.4, -0.2) is 75.8 Å². The van der Waals surface area contributed by atoms with Crippen LogP contribution in [0, 0.1) is 0 Å². The second kappa shape index (κ2) is 9.07. The van der Waals surface area contributed by atoms with Crippen LogP contribution in [0.4, 0.5) is 10.5 Å². The Bertz CT molecular complexity index is 756. The average Bonchev–Trinajstić information content (AvgIpc) is 2.65. The Morgan fingerprint density at radius 1 is 1.04 bits per heavy atom. The van der Waals surface area contributed by atoms with Crippen molar-refractivity contribution in [3.05, 3.63) is 29.8 Å². The van der Waals surface area contributed by atoms with Crippen LogP contribution in [-0.2, 0) is 26.0 Å². The number of carbonyl (C=O) groups is 2. The standard InChI is InChI=1S/C18H27N3O5S/c1-4-15-6-8-16(9-7-15)21(27(3,24)25)14-17(22)19-10-12-20(13-11-19)18(23)26-5-2/h6-9H,4-5,10-14H2,1-3H3. The molecule has 2 amide bonds. The fourth-order valence-electron chi connectivity index (χ4n) is 2.87. The van der Waals surface area contributed by atoms with E-state index in [1.807, 2.05) is 19.1 Å². The second-order valence-corrected chi connectivity index (χ2v) is 8.26. The van der Waals surface area contributed by atoms with Gasteiger partial charge in [-0.05, 0) is 31.0 Å². The van der Waals surface area contributed by atoms with E-state index in [1.54, 1.807) is 28.9 Å². The molecule has 1 fully saturated rings. The van der Waals surface area contributed by atoms with E-state index in [4.69, 9.17) is 4.74 Å². The van der Waals surface area contributed by atoms with E-state index in [-0.39, 0.29) is 12.5 Å². The molecule has 1 aromatic rings. The van der Waals surface area contributed by atoms with Gasteiger partial charge in [-0.2, -0.15) is 0 Å². The van der Waals surface area contributed by atoms with Crippen molar-refractivity contribution in [2.45, 2.75) is 20.3 Å². The molecule has 9 heteroatoms. The molecule has 0 bridgehead atoms. The number of hydrogen-bond acceptors (Lipinski definition) is 5. The van der Waals surface area contributed by atoms with Gasteiger partial charge in [0.2, 0.25) is 15.9 Å². The Balaban J connectivity index is 2.03. The topological polar surface area (TPSA) is 87.2 Å². The van der Waals surface area contributed by atoms with Crippen LogP contribution in [0.1, 0.15) is 19.4 Å². The molecule has 1 aliphatic heterocycles. The number of anilines is 1. The maximum absolute atomic E-state index is 12.6. The highest BCUT2D eigenvalue weighted by molar-refractivity contribution is 7.92. The van der Waals surface area contributed by atoms with Crippen molar-refractivity contribution >= 4 is 27.7 Å². The Kier molecular flexibility index (Phi) is 7.06. The van der Waals surface area contributed by atoms with Gasteiger partial charge in [0.1, 0.15) is 6.54 Å². The molecule has 27 heavy (non-hydrogen) atoms. The molecule has 1 aliphatic rings. The number of aryl methyl sites for hydroxylation is 1. The van der Waals surface area contributed by atoms with Gasteiger partial charge in [0.05, 0.1) is 18.6 Å². The Morgan fingerprint density at radius 2 is 1.59 bits per heavy atom. The molecular formula is C18H27N3O5S. The number of hydrogen-bond donors (Lipinski definition) is 0. The Morgan fingerprint density at radius 3 is 2.07 bits per heavy atom. The average molecular weight is 397 g/mol. The fourth-order valence-corrected chi connectivity index (χ4v) is 3.72. The minimum absolute atomic E-state index is 0.260. The van der Waals surface area contributed by atoms with Crippen LogP contribution in [0.5, 0.6) is 0 Å². The molecular weight excluding hydrogens is 370 g/mol. The van der Waals surface area contributed by atoms with Crippen molar-refractivity contribution in [2.75, 3.05) is 49.9 Å². The van der Waals surface area contributed by atoms with Crippen LogP contribution >= 0.6 is 0 Å². The number of sulfonamides is 1. The first-order valence-corrected chi connectivity index (χ1v) is 10.9. The second-order valence-electron chi connectivity index (χ2n) is 6.36. The lowest BCUT2D eigenvalue weighted by molar-refractivity contribution is -0.131. The van der Waals surface area contributed by atoms with Crippen molar-refractivity contribution in [3.8, 4) is 0 Å². The van der Waals surface area contributed by atoms with E-state index < -0.39 is 16.1 Å². The lowest BCUT2D eigenvalue weighted by Crippen LogP contribution is -2.53. The maximum atomic E-state index is 12.6. The van der Waals surface area contributed by atoms with E-state index in [0.717, 1.165) is 22.5 Å². The first-order valence-electron chi connectivity index (χ1n) is 9.02. The molecule has 1 heterocycles. The van der Waals surface area contributed by atoms with Crippen LogP contribution in [0.2, 0.25) is 0 Å². The minimum atomic E-state index is -3.60. The molecule has 0 atom stereocenters. The summed E-state index contributed by atoms with van der Waals surface area (Å²) in [5.74, 6) is -0.288. The van der Waals surface area contributed by atoms with Gasteiger partial charge in [0.25, 0.3) is 0 Å². The molecule has 0 spiro atoms. The zero-order valence-corrected chi connectivity index (χ0v) is 16.9. The van der Waals surface area contributed by atoms with Gasteiger partial charge in [0, 0.05) is 26.2 Å². The van der Waals surface area contributed by atoms with Crippen LogP contribution in [0.3, 0.4) is 0 Å². The molecule has 8 nitrogen and oxygen atoms in total. The van der Waals surface area contributed by atoms with E-state index in [2.05, 4.69) is 0 Å². The van der Waals surface area contributed by atoms with Crippen molar-refractivity contribution in [2.24, 2.45) is 0 Å². The number of amides is 2. The normalized spacial score (nSPS) is 14.8. The highest BCUT2D eigenvalue weighted by atomic mass is 32.2. The summed E-state index contributed by atoms with van der Waals surface area (Å²) in [6, 6.07) is 7.14. The summed E-state index contributed by atoms with van der Waals surface area (Å²) < 4.78 is 30.5. The number of carbonyl (C=O) groups excluding carboxylic acids is 2. The summed E-state index contributed by atoms with van der Waals surface area (Å²) in [6.07, 6.45) is 1.55. The number of nitrogens with zero attached hydrogens (tertiary/aromatic N) is 3. The molecule has 0 unspecified atom stereocenters. The summed E-state index contributed by atoms with van der Waals surface area (Å²) in [5.41, 5.74) is 1.56. The number of ether oxygens (including phenoxy) is 1. The highest BCUT2D eigenvalue weighted by Crippen LogP contribution is 2.19. The molecule has 0 aromatic heterocycles. The van der Waals surface area contributed by atoms with E-state index >= 15 is 0 Å². The van der Waals surface area contributed by atoms with Crippen molar-refractivity contribution in [3.63, 3.8) is 0 Å². The largest absolute Gasteiger partial charge is 0.450 e. The summed E-state index contributed by atoms with van der Waals surface area (Å²) in [5, 5.41) is 0. The Labute approximate surface area is 160 Å². The summed E-state index contributed by atoms with van der Waals surface area (Å²) >= 11 is 0. The van der Waals surface area contributed by atoms with Gasteiger partial charge in [-0.1, -0.05) is 19.1 Å². The molecule has 0 radical (unpaired) electrons. The van der Waals surface area contributed by atoms with Crippen molar-refractivity contribution in [1.82, 2.24) is 9.80 Å². The zero-order chi connectivity index (χ0) is 20.0. The van der Waals surface area contributed by atoms with Gasteiger partial charge in [-0.15, -0.1) is 0 Å². The van der Waals surface area contributed by atoms with Gasteiger partial charge in [-0.3, -0.25) is 9.10 Å². The van der Waals surface area contributed by atoms with Gasteiger partial charge >= 0.3 is 6.09 Å². The third-order valence-corrected chi connectivity index (χ3v) is 5.61. The van der Waals surface area contributed by atoms with E-state index in [0.29, 0.717) is 38.5 Å². The summed E-state index contributed by atoms with van der Waals surface area (Å²) in [4.78, 5) is 27.5. The summed E-state index contributed by atoms with van der Waals surface area (Å²) in [7, 11) is -3.60. The highest BCUT2D eigenvalue weighted by Gasteiger charge is 2.28. The fraction of sp³-hybridized carbons (Fsp3) is 0.556. The van der Waals surface area contributed by atoms with Crippen molar-refractivity contribution in [1.29, 1.82) is 0 Å². The maximum Gasteiger partial charge on any atom is 0.409 e. The van der Waals surface area contributed by atoms with Gasteiger partial charge in [0.15, 0.2) is 0 Å². The number of rotatable bonds is 6. The molecule has 0 aliphatic carbocycles. The molecule has 0 saturated carbocycles. The molecule has 2 rings (SSSR count).